The molecule has 1 N–H and O–H groups in total. The zero-order valence-electron chi connectivity index (χ0n) is 15.1. The van der Waals surface area contributed by atoms with Crippen LogP contribution in [-0.2, 0) is 40.2 Å². The van der Waals surface area contributed by atoms with Gasteiger partial charge in [-0.25, -0.2) is 13.1 Å². The van der Waals surface area contributed by atoms with E-state index in [9.17, 15) is 13.2 Å². The highest BCUT2D eigenvalue weighted by Gasteiger charge is 2.24. The minimum absolute atomic E-state index is 0.0336. The monoisotopic (exact) mass is 376 g/mol. The maximum atomic E-state index is 12.2. The fourth-order valence-electron chi connectivity index (χ4n) is 2.99. The lowest BCUT2D eigenvalue weighted by atomic mass is 10.1. The van der Waals surface area contributed by atoms with E-state index >= 15 is 0 Å². The predicted molar refractivity (Wildman–Crippen MR) is 98.4 cm³/mol. The minimum Gasteiger partial charge on any atom is -0.335 e. The number of hydrogen-bond acceptors (Lipinski definition) is 4. The average Bonchev–Trinajstić information content (AvgIpc) is 3.02. The van der Waals surface area contributed by atoms with Crippen LogP contribution in [-0.4, -0.2) is 35.6 Å². The Morgan fingerprint density at radius 2 is 1.96 bits per heavy atom. The van der Waals surface area contributed by atoms with Gasteiger partial charge >= 0.3 is 0 Å². The summed E-state index contributed by atoms with van der Waals surface area (Å²) in [4.78, 5) is 14.0. The first-order chi connectivity index (χ1) is 12.3. The zero-order chi connectivity index (χ0) is 18.7. The second kappa shape index (κ2) is 7.59. The number of nitrogens with one attached hydrogen (secondary N) is 1. The van der Waals surface area contributed by atoms with Gasteiger partial charge in [0.2, 0.25) is 15.9 Å². The maximum Gasteiger partial charge on any atom is 0.225 e. The van der Waals surface area contributed by atoms with Crippen molar-refractivity contribution in [2.45, 2.75) is 39.2 Å². The normalized spacial score (nSPS) is 14.5. The standard InChI is InChI=1S/C18H24N4O3S/c1-14(2)18(23)21-8-9-22-17(12-21)10-16(20-22)11-19-26(24,25)13-15-6-4-3-5-7-15/h3-7,10,14,19H,8-9,11-13H2,1-2H3. The molecule has 0 unspecified atom stereocenters. The van der Waals surface area contributed by atoms with Gasteiger partial charge in [-0.1, -0.05) is 44.2 Å². The molecule has 1 aromatic heterocycles. The van der Waals surface area contributed by atoms with E-state index in [0.717, 1.165) is 11.3 Å². The minimum atomic E-state index is -3.43. The van der Waals surface area contributed by atoms with Gasteiger partial charge in [-0.15, -0.1) is 0 Å². The molecule has 0 radical (unpaired) electrons. The van der Waals surface area contributed by atoms with Crippen LogP contribution < -0.4 is 4.72 Å². The number of fused-ring (bicyclic) bond motifs is 1. The largest absolute Gasteiger partial charge is 0.335 e. The Labute approximate surface area is 154 Å². The Morgan fingerprint density at radius 1 is 1.23 bits per heavy atom. The molecule has 8 heteroatoms. The molecular formula is C18H24N4O3S. The first-order valence-corrected chi connectivity index (χ1v) is 10.3. The van der Waals surface area contributed by atoms with E-state index in [1.54, 1.807) is 12.1 Å². The molecule has 1 aliphatic heterocycles. The van der Waals surface area contributed by atoms with Crippen molar-refractivity contribution in [2.24, 2.45) is 5.92 Å². The molecular weight excluding hydrogens is 352 g/mol. The van der Waals surface area contributed by atoms with Crippen LogP contribution in [0.15, 0.2) is 36.4 Å². The summed E-state index contributed by atoms with van der Waals surface area (Å²) in [5.74, 6) is 0.0363. The smallest absolute Gasteiger partial charge is 0.225 e. The van der Waals surface area contributed by atoms with E-state index in [1.165, 1.54) is 0 Å². The van der Waals surface area contributed by atoms with Crippen LogP contribution in [0.3, 0.4) is 0 Å². The van der Waals surface area contributed by atoms with Crippen molar-refractivity contribution < 1.29 is 13.2 Å². The second-order valence-electron chi connectivity index (χ2n) is 6.83. The Balaban J connectivity index is 1.61. The fourth-order valence-corrected chi connectivity index (χ4v) is 4.10. The average molecular weight is 376 g/mol. The summed E-state index contributed by atoms with van der Waals surface area (Å²) in [7, 11) is -3.43. The number of sulfonamides is 1. The van der Waals surface area contributed by atoms with Gasteiger partial charge in [0.25, 0.3) is 0 Å². The molecule has 0 saturated heterocycles. The summed E-state index contributed by atoms with van der Waals surface area (Å²) in [6, 6.07) is 10.9. The first kappa shape index (κ1) is 18.6. The maximum absolute atomic E-state index is 12.2. The Bertz CT molecular complexity index is 875. The number of carbonyl (C=O) groups excluding carboxylic acids is 1. The van der Waals surface area contributed by atoms with Crippen molar-refractivity contribution in [1.29, 1.82) is 0 Å². The van der Waals surface area contributed by atoms with Crippen LogP contribution in [0.25, 0.3) is 0 Å². The van der Waals surface area contributed by atoms with Crippen molar-refractivity contribution in [2.75, 3.05) is 6.54 Å². The van der Waals surface area contributed by atoms with Crippen LogP contribution in [0.2, 0.25) is 0 Å². The fraction of sp³-hybridized carbons (Fsp3) is 0.444. The van der Waals surface area contributed by atoms with Crippen LogP contribution in [0, 0.1) is 5.92 Å². The van der Waals surface area contributed by atoms with Crippen LogP contribution in [0.4, 0.5) is 0 Å². The highest BCUT2D eigenvalue weighted by Crippen LogP contribution is 2.16. The van der Waals surface area contributed by atoms with Crippen molar-refractivity contribution >= 4 is 15.9 Å². The van der Waals surface area contributed by atoms with Gasteiger partial charge in [0.15, 0.2) is 0 Å². The lowest BCUT2D eigenvalue weighted by Crippen LogP contribution is -2.40. The third-order valence-electron chi connectivity index (χ3n) is 4.33. The third kappa shape index (κ3) is 4.50. The topological polar surface area (TPSA) is 84.3 Å². The molecule has 0 fully saturated rings. The van der Waals surface area contributed by atoms with E-state index < -0.39 is 10.0 Å². The lowest BCUT2D eigenvalue weighted by Gasteiger charge is -2.29. The molecule has 2 heterocycles. The number of carbonyl (C=O) groups is 1. The van der Waals surface area contributed by atoms with Gasteiger partial charge < -0.3 is 4.90 Å². The molecule has 26 heavy (non-hydrogen) atoms. The van der Waals surface area contributed by atoms with Gasteiger partial charge in [0.05, 0.1) is 36.8 Å². The third-order valence-corrected chi connectivity index (χ3v) is 5.62. The van der Waals surface area contributed by atoms with Crippen LogP contribution in [0.1, 0.15) is 30.8 Å². The van der Waals surface area contributed by atoms with Gasteiger partial charge in [0.1, 0.15) is 0 Å². The molecule has 0 aliphatic carbocycles. The summed E-state index contributed by atoms with van der Waals surface area (Å²) in [5, 5.41) is 4.45. The summed E-state index contributed by atoms with van der Waals surface area (Å²) >= 11 is 0. The van der Waals surface area contributed by atoms with Crippen molar-refractivity contribution in [1.82, 2.24) is 19.4 Å². The molecule has 2 aromatic rings. The highest BCUT2D eigenvalue weighted by molar-refractivity contribution is 7.88. The lowest BCUT2D eigenvalue weighted by molar-refractivity contribution is -0.136. The van der Waals surface area contributed by atoms with Gasteiger partial charge in [-0.2, -0.15) is 5.10 Å². The number of rotatable bonds is 6. The van der Waals surface area contributed by atoms with E-state index in [4.69, 9.17) is 0 Å². The molecule has 0 bridgehead atoms. The van der Waals surface area contributed by atoms with Gasteiger partial charge in [-0.05, 0) is 11.6 Å². The molecule has 0 atom stereocenters. The molecule has 1 aliphatic rings. The Hall–Kier alpha value is -2.19. The zero-order valence-corrected chi connectivity index (χ0v) is 15.9. The quantitative estimate of drug-likeness (QED) is 0.828. The molecule has 0 spiro atoms. The summed E-state index contributed by atoms with van der Waals surface area (Å²) in [6.45, 7) is 5.70. The number of hydrogen-bond donors (Lipinski definition) is 1. The Kier molecular flexibility index (Phi) is 5.43. The highest BCUT2D eigenvalue weighted by atomic mass is 32.2. The molecule has 3 rings (SSSR count). The number of amides is 1. The first-order valence-electron chi connectivity index (χ1n) is 8.70. The van der Waals surface area contributed by atoms with Gasteiger partial charge in [-0.3, -0.25) is 9.48 Å². The molecule has 1 amide bonds. The van der Waals surface area contributed by atoms with Crippen molar-refractivity contribution in [3.8, 4) is 0 Å². The summed E-state index contributed by atoms with van der Waals surface area (Å²) in [5.41, 5.74) is 2.34. The predicted octanol–water partition coefficient (Wildman–Crippen LogP) is 1.50. The number of benzene rings is 1. The molecule has 7 nitrogen and oxygen atoms in total. The van der Waals surface area contributed by atoms with E-state index in [1.807, 2.05) is 47.7 Å². The van der Waals surface area contributed by atoms with E-state index in [0.29, 0.717) is 25.3 Å². The number of nitrogens with zero attached hydrogens (tertiary/aromatic N) is 3. The molecule has 1 aromatic carbocycles. The second-order valence-corrected chi connectivity index (χ2v) is 8.64. The van der Waals surface area contributed by atoms with E-state index in [2.05, 4.69) is 9.82 Å². The SMILES string of the molecule is CC(C)C(=O)N1CCn2nc(CNS(=O)(=O)Cc3ccccc3)cc2C1. The van der Waals surface area contributed by atoms with Crippen molar-refractivity contribution in [3.05, 3.63) is 53.3 Å². The van der Waals surface area contributed by atoms with E-state index in [-0.39, 0.29) is 24.1 Å². The van der Waals surface area contributed by atoms with Crippen molar-refractivity contribution in [3.63, 3.8) is 0 Å². The van der Waals surface area contributed by atoms with Crippen LogP contribution in [0.5, 0.6) is 0 Å². The summed E-state index contributed by atoms with van der Waals surface area (Å²) in [6.07, 6.45) is 0. The van der Waals surface area contributed by atoms with Gasteiger partial charge in [0, 0.05) is 12.5 Å². The summed E-state index contributed by atoms with van der Waals surface area (Å²) < 4.78 is 28.9. The molecule has 140 valence electrons. The number of aromatic nitrogens is 2. The molecule has 0 saturated carbocycles. The Morgan fingerprint density at radius 3 is 2.65 bits per heavy atom. The van der Waals surface area contributed by atoms with Crippen LogP contribution >= 0.6 is 0 Å².